The SMILES string of the molecule is CN(C)c1nc2ccc(-n3cnc4cc(-c5ccc(Cl)cc5)sc4c3=O)cc2n1CCCO. The molecule has 0 saturated carbocycles. The zero-order valence-electron chi connectivity index (χ0n) is 18.2. The Kier molecular flexibility index (Phi) is 5.65. The molecule has 0 fully saturated rings. The minimum atomic E-state index is -0.112. The van der Waals surface area contributed by atoms with Gasteiger partial charge in [0, 0.05) is 37.1 Å². The van der Waals surface area contributed by atoms with Crippen LogP contribution in [-0.2, 0) is 6.54 Å². The Morgan fingerprint density at radius 2 is 1.88 bits per heavy atom. The number of aliphatic hydroxyl groups excluding tert-OH is 1. The number of hydrogen-bond acceptors (Lipinski definition) is 6. The molecule has 168 valence electrons. The monoisotopic (exact) mass is 479 g/mol. The lowest BCUT2D eigenvalue weighted by atomic mass is 10.2. The van der Waals surface area contributed by atoms with E-state index in [-0.39, 0.29) is 12.2 Å². The molecular formula is C24H22ClN5O2S. The summed E-state index contributed by atoms with van der Waals surface area (Å²) in [5, 5.41) is 10.0. The van der Waals surface area contributed by atoms with Crippen LogP contribution in [0.1, 0.15) is 6.42 Å². The maximum atomic E-state index is 13.4. The number of halogens is 1. The van der Waals surface area contributed by atoms with E-state index in [1.54, 1.807) is 10.9 Å². The van der Waals surface area contributed by atoms with E-state index in [1.807, 2.05) is 67.5 Å². The number of fused-ring (bicyclic) bond motifs is 2. The number of benzene rings is 2. The highest BCUT2D eigenvalue weighted by atomic mass is 35.5. The van der Waals surface area contributed by atoms with Crippen LogP contribution in [0.4, 0.5) is 5.95 Å². The van der Waals surface area contributed by atoms with Crippen LogP contribution < -0.4 is 10.5 Å². The molecule has 0 aliphatic carbocycles. The van der Waals surface area contributed by atoms with Crippen molar-refractivity contribution < 1.29 is 5.11 Å². The Bertz CT molecular complexity index is 1520. The van der Waals surface area contributed by atoms with Gasteiger partial charge in [0.1, 0.15) is 11.0 Å². The van der Waals surface area contributed by atoms with Crippen LogP contribution in [-0.4, -0.2) is 44.9 Å². The second-order valence-corrected chi connectivity index (χ2v) is 9.45. The first-order valence-corrected chi connectivity index (χ1v) is 11.7. The number of aromatic nitrogens is 4. The molecule has 5 rings (SSSR count). The van der Waals surface area contributed by atoms with E-state index < -0.39 is 0 Å². The first-order valence-electron chi connectivity index (χ1n) is 10.5. The van der Waals surface area contributed by atoms with Crippen molar-refractivity contribution in [2.75, 3.05) is 25.6 Å². The Balaban J connectivity index is 1.62. The zero-order chi connectivity index (χ0) is 23.1. The molecule has 0 aliphatic rings. The highest BCUT2D eigenvalue weighted by Crippen LogP contribution is 2.32. The van der Waals surface area contributed by atoms with Gasteiger partial charge in [-0.15, -0.1) is 11.3 Å². The van der Waals surface area contributed by atoms with E-state index in [1.165, 1.54) is 11.3 Å². The summed E-state index contributed by atoms with van der Waals surface area (Å²) in [6, 6.07) is 15.2. The second kappa shape index (κ2) is 8.62. The molecule has 0 spiro atoms. The third-order valence-corrected chi connectivity index (χ3v) is 6.91. The minimum absolute atomic E-state index is 0.0978. The first-order chi connectivity index (χ1) is 16.0. The van der Waals surface area contributed by atoms with E-state index in [0.29, 0.717) is 28.2 Å². The molecule has 3 aromatic heterocycles. The molecule has 2 aromatic carbocycles. The van der Waals surface area contributed by atoms with Crippen LogP contribution in [0.25, 0.3) is 37.4 Å². The van der Waals surface area contributed by atoms with Crippen LogP contribution in [0.5, 0.6) is 0 Å². The van der Waals surface area contributed by atoms with Crippen LogP contribution >= 0.6 is 22.9 Å². The summed E-state index contributed by atoms with van der Waals surface area (Å²) in [6.07, 6.45) is 2.19. The molecule has 0 amide bonds. The van der Waals surface area contributed by atoms with Gasteiger partial charge in [0.25, 0.3) is 5.56 Å². The van der Waals surface area contributed by atoms with E-state index in [0.717, 1.165) is 33.1 Å². The lowest BCUT2D eigenvalue weighted by Crippen LogP contribution is -2.18. The predicted octanol–water partition coefficient (Wildman–Crippen LogP) is 4.57. The molecule has 0 bridgehead atoms. The molecule has 5 aromatic rings. The number of anilines is 1. The van der Waals surface area contributed by atoms with Gasteiger partial charge in [-0.2, -0.15) is 0 Å². The van der Waals surface area contributed by atoms with Gasteiger partial charge < -0.3 is 14.6 Å². The van der Waals surface area contributed by atoms with Crippen molar-refractivity contribution in [3.05, 3.63) is 70.2 Å². The normalized spacial score (nSPS) is 11.5. The van der Waals surface area contributed by atoms with E-state index in [2.05, 4.69) is 9.55 Å². The Labute approximate surface area is 199 Å². The fraction of sp³-hybridized carbons (Fsp3) is 0.208. The van der Waals surface area contributed by atoms with Crippen LogP contribution in [0.3, 0.4) is 0 Å². The Morgan fingerprint density at radius 1 is 1.09 bits per heavy atom. The van der Waals surface area contributed by atoms with Crippen LogP contribution in [0, 0.1) is 0 Å². The van der Waals surface area contributed by atoms with Crippen molar-refractivity contribution >= 4 is 50.1 Å². The van der Waals surface area contributed by atoms with Gasteiger partial charge in [-0.05, 0) is 48.4 Å². The van der Waals surface area contributed by atoms with Gasteiger partial charge in [0.05, 0.1) is 22.2 Å². The van der Waals surface area contributed by atoms with Gasteiger partial charge in [-0.1, -0.05) is 23.7 Å². The van der Waals surface area contributed by atoms with Crippen LogP contribution in [0.2, 0.25) is 5.02 Å². The largest absolute Gasteiger partial charge is 0.396 e. The topological polar surface area (TPSA) is 76.2 Å². The number of aliphatic hydroxyl groups is 1. The Hall–Kier alpha value is -3.20. The molecule has 0 radical (unpaired) electrons. The van der Waals surface area contributed by atoms with Crippen molar-refractivity contribution in [1.82, 2.24) is 19.1 Å². The first kappa shape index (κ1) is 21.6. The van der Waals surface area contributed by atoms with Gasteiger partial charge in [0.15, 0.2) is 0 Å². The number of hydrogen-bond donors (Lipinski definition) is 1. The van der Waals surface area contributed by atoms with Crippen molar-refractivity contribution in [3.8, 4) is 16.1 Å². The highest BCUT2D eigenvalue weighted by molar-refractivity contribution is 7.22. The van der Waals surface area contributed by atoms with Gasteiger partial charge in [-0.25, -0.2) is 9.97 Å². The summed E-state index contributed by atoms with van der Waals surface area (Å²) in [4.78, 5) is 25.6. The lowest BCUT2D eigenvalue weighted by Gasteiger charge is -2.14. The van der Waals surface area contributed by atoms with Crippen molar-refractivity contribution in [1.29, 1.82) is 0 Å². The molecule has 0 saturated heterocycles. The standard InChI is InChI=1S/C24H22ClN5O2S/c1-28(2)24-27-18-9-8-17(12-20(18)29(24)10-3-11-31)30-14-26-19-13-21(33-22(19)23(30)32)15-4-6-16(25)7-5-15/h4-9,12-14,31H,3,10-11H2,1-2H3. The molecule has 0 aliphatic heterocycles. The predicted molar refractivity (Wildman–Crippen MR) is 135 cm³/mol. The zero-order valence-corrected chi connectivity index (χ0v) is 19.8. The molecular weight excluding hydrogens is 458 g/mol. The van der Waals surface area contributed by atoms with Gasteiger partial charge in [-0.3, -0.25) is 9.36 Å². The van der Waals surface area contributed by atoms with Crippen molar-refractivity contribution in [3.63, 3.8) is 0 Å². The van der Waals surface area contributed by atoms with Crippen molar-refractivity contribution in [2.24, 2.45) is 0 Å². The maximum Gasteiger partial charge on any atom is 0.275 e. The minimum Gasteiger partial charge on any atom is -0.396 e. The molecule has 33 heavy (non-hydrogen) atoms. The highest BCUT2D eigenvalue weighted by Gasteiger charge is 2.15. The fourth-order valence-corrected chi connectivity index (χ4v) is 5.06. The third kappa shape index (κ3) is 3.90. The summed E-state index contributed by atoms with van der Waals surface area (Å²) in [5.41, 5.74) is 4.03. The average Bonchev–Trinajstić information content (AvgIpc) is 3.40. The van der Waals surface area contributed by atoms with Gasteiger partial charge in [0.2, 0.25) is 5.95 Å². The van der Waals surface area contributed by atoms with Gasteiger partial charge >= 0.3 is 0 Å². The summed E-state index contributed by atoms with van der Waals surface area (Å²) in [6.45, 7) is 0.728. The van der Waals surface area contributed by atoms with Crippen molar-refractivity contribution in [2.45, 2.75) is 13.0 Å². The third-order valence-electron chi connectivity index (χ3n) is 5.50. The number of nitrogens with zero attached hydrogens (tertiary/aromatic N) is 5. The number of thiophene rings is 1. The van der Waals surface area contributed by atoms with E-state index in [9.17, 15) is 9.90 Å². The summed E-state index contributed by atoms with van der Waals surface area (Å²) in [5.74, 6) is 0.808. The quantitative estimate of drug-likeness (QED) is 0.386. The van der Waals surface area contributed by atoms with E-state index in [4.69, 9.17) is 16.6 Å². The summed E-state index contributed by atoms with van der Waals surface area (Å²) >= 11 is 7.43. The number of aryl methyl sites for hydroxylation is 1. The maximum absolute atomic E-state index is 13.4. The molecule has 0 atom stereocenters. The van der Waals surface area contributed by atoms with Crippen LogP contribution in [0.15, 0.2) is 59.7 Å². The summed E-state index contributed by atoms with van der Waals surface area (Å²) < 4.78 is 4.24. The Morgan fingerprint density at radius 3 is 2.61 bits per heavy atom. The van der Waals surface area contributed by atoms with E-state index >= 15 is 0 Å². The molecule has 7 nitrogen and oxygen atoms in total. The summed E-state index contributed by atoms with van der Waals surface area (Å²) in [7, 11) is 3.88. The number of rotatable bonds is 6. The second-order valence-electron chi connectivity index (χ2n) is 7.96. The molecule has 0 unspecified atom stereocenters. The number of imidazole rings is 1. The molecule has 3 heterocycles. The lowest BCUT2D eigenvalue weighted by molar-refractivity contribution is 0.280. The molecule has 1 N–H and O–H groups in total. The fourth-order valence-electron chi connectivity index (χ4n) is 3.89. The smallest absolute Gasteiger partial charge is 0.275 e. The average molecular weight is 480 g/mol. The molecule has 9 heteroatoms.